The molecule has 37 heavy (non-hydrogen) atoms. The molecule has 1 aliphatic carbocycles. The van der Waals surface area contributed by atoms with E-state index in [-0.39, 0.29) is 11.9 Å². The van der Waals surface area contributed by atoms with E-state index in [4.69, 9.17) is 19.3 Å². The number of rotatable bonds is 9. The lowest BCUT2D eigenvalue weighted by molar-refractivity contribution is -0.135. The van der Waals surface area contributed by atoms with Crippen molar-refractivity contribution in [2.45, 2.75) is 12.8 Å². The normalized spacial score (nSPS) is 13.7. The lowest BCUT2D eigenvalue weighted by Gasteiger charge is -2.10. The second kappa shape index (κ2) is 10.8. The number of fused-ring (bicyclic) bond motifs is 1. The zero-order chi connectivity index (χ0) is 25.8. The van der Waals surface area contributed by atoms with Gasteiger partial charge in [-0.15, -0.1) is 17.9 Å². The number of carbonyl (C=O) groups is 1. The monoisotopic (exact) mass is 513 g/mol. The Kier molecular flexibility index (Phi) is 7.18. The molecule has 5 rings (SSSR count). The van der Waals surface area contributed by atoms with Gasteiger partial charge in [-0.3, -0.25) is 9.79 Å². The third-order valence-electron chi connectivity index (χ3n) is 6.02. The maximum Gasteiger partial charge on any atom is 0.314 e. The molecular formula is C29H27N3O4S. The van der Waals surface area contributed by atoms with Crippen LogP contribution in [-0.2, 0) is 4.79 Å². The third-order valence-corrected chi connectivity index (χ3v) is 6.87. The quantitative estimate of drug-likeness (QED) is 0.125. The van der Waals surface area contributed by atoms with Gasteiger partial charge in [0.2, 0.25) is 4.80 Å². The zero-order valence-electron chi connectivity index (χ0n) is 20.7. The van der Waals surface area contributed by atoms with Gasteiger partial charge in [0.15, 0.2) is 11.5 Å². The van der Waals surface area contributed by atoms with Crippen LogP contribution in [0.15, 0.2) is 82.7 Å². The topological polar surface area (TPSA) is 74.4 Å². The molecule has 1 fully saturated rings. The molecule has 0 bridgehead atoms. The van der Waals surface area contributed by atoms with Crippen LogP contribution in [0, 0.1) is 5.92 Å². The van der Waals surface area contributed by atoms with E-state index in [1.54, 1.807) is 38.6 Å². The smallest absolute Gasteiger partial charge is 0.314 e. The van der Waals surface area contributed by atoms with Gasteiger partial charge in [-0.05, 0) is 65.6 Å². The number of hydrogen-bond acceptors (Lipinski definition) is 7. The third kappa shape index (κ3) is 5.49. The van der Waals surface area contributed by atoms with Crippen LogP contribution in [0.3, 0.4) is 0 Å². The lowest BCUT2D eigenvalue weighted by atomic mass is 10.1. The van der Waals surface area contributed by atoms with Crippen molar-refractivity contribution in [3.05, 3.63) is 83.0 Å². The maximum absolute atomic E-state index is 12.1. The van der Waals surface area contributed by atoms with Crippen molar-refractivity contribution in [1.82, 2.24) is 4.68 Å². The number of carbonyl (C=O) groups excluding carboxylic acids is 1. The van der Waals surface area contributed by atoms with E-state index in [9.17, 15) is 4.79 Å². The van der Waals surface area contributed by atoms with Crippen LogP contribution in [0.25, 0.3) is 22.0 Å². The molecule has 1 aliphatic rings. The van der Waals surface area contributed by atoms with E-state index in [0.29, 0.717) is 18.0 Å². The van der Waals surface area contributed by atoms with Gasteiger partial charge in [0, 0.05) is 10.9 Å². The highest BCUT2D eigenvalue weighted by atomic mass is 32.1. The second-order valence-electron chi connectivity index (χ2n) is 8.62. The number of benzene rings is 3. The summed E-state index contributed by atoms with van der Waals surface area (Å²) in [6.07, 6.45) is 5.26. The van der Waals surface area contributed by atoms with Gasteiger partial charge in [0.25, 0.3) is 0 Å². The summed E-state index contributed by atoms with van der Waals surface area (Å²) in [7, 11) is 3.22. The molecule has 1 saturated carbocycles. The largest absolute Gasteiger partial charge is 0.497 e. The molecule has 0 unspecified atom stereocenters. The fourth-order valence-corrected chi connectivity index (χ4v) is 4.70. The molecule has 8 heteroatoms. The van der Waals surface area contributed by atoms with Crippen molar-refractivity contribution in [2.75, 3.05) is 20.8 Å². The van der Waals surface area contributed by atoms with Gasteiger partial charge in [-0.2, -0.15) is 5.10 Å². The van der Waals surface area contributed by atoms with E-state index in [0.717, 1.165) is 51.0 Å². The first-order valence-electron chi connectivity index (χ1n) is 11.9. The number of hydrogen-bond donors (Lipinski definition) is 0. The van der Waals surface area contributed by atoms with E-state index in [1.165, 1.54) is 11.3 Å². The summed E-state index contributed by atoms with van der Waals surface area (Å²) in [6, 6.07) is 17.7. The van der Waals surface area contributed by atoms with Crippen molar-refractivity contribution in [3.8, 4) is 28.5 Å². The highest BCUT2D eigenvalue weighted by Gasteiger charge is 2.32. The first kappa shape index (κ1) is 24.5. The van der Waals surface area contributed by atoms with Crippen LogP contribution < -0.4 is 19.0 Å². The van der Waals surface area contributed by atoms with Crippen molar-refractivity contribution in [3.63, 3.8) is 0 Å². The van der Waals surface area contributed by atoms with E-state index < -0.39 is 0 Å². The number of ether oxygens (including phenoxy) is 3. The minimum Gasteiger partial charge on any atom is -0.497 e. The number of esters is 1. The molecule has 7 nitrogen and oxygen atoms in total. The standard InChI is InChI=1S/C29H27N3O4S/c1-4-13-30-29-32(25(18-37-29)23-9-8-22-16-24(34-2)11-10-21(22)15-23)31-17-19-5-12-26(27(14-19)35-3)36-28(33)20-6-7-20/h4-5,8-12,14-18,20H,1,6-7,13H2,2-3H3. The molecular weight excluding hydrogens is 486 g/mol. The van der Waals surface area contributed by atoms with Gasteiger partial charge in [-0.1, -0.05) is 24.3 Å². The predicted octanol–water partition coefficient (Wildman–Crippen LogP) is 5.67. The molecule has 0 N–H and O–H groups in total. The first-order chi connectivity index (χ1) is 18.1. The summed E-state index contributed by atoms with van der Waals surface area (Å²) >= 11 is 1.52. The van der Waals surface area contributed by atoms with Crippen molar-refractivity contribution >= 4 is 34.3 Å². The average Bonchev–Trinajstić information content (AvgIpc) is 3.71. The summed E-state index contributed by atoms with van der Waals surface area (Å²) in [5.41, 5.74) is 2.74. The summed E-state index contributed by atoms with van der Waals surface area (Å²) in [5.74, 6) is 1.52. The molecule has 0 aliphatic heterocycles. The number of thiazole rings is 1. The van der Waals surface area contributed by atoms with Crippen molar-refractivity contribution in [1.29, 1.82) is 0 Å². The van der Waals surface area contributed by atoms with Crippen molar-refractivity contribution < 1.29 is 19.0 Å². The fourth-order valence-electron chi connectivity index (χ4n) is 3.85. The summed E-state index contributed by atoms with van der Waals surface area (Å²) < 4.78 is 18.2. The van der Waals surface area contributed by atoms with E-state index >= 15 is 0 Å². The average molecular weight is 514 g/mol. The molecule has 0 amide bonds. The Morgan fingerprint density at radius 1 is 1.05 bits per heavy atom. The van der Waals surface area contributed by atoms with Gasteiger partial charge in [-0.25, -0.2) is 4.68 Å². The van der Waals surface area contributed by atoms with Crippen LogP contribution >= 0.6 is 11.3 Å². The minimum atomic E-state index is -0.208. The first-order valence-corrected chi connectivity index (χ1v) is 12.8. The summed E-state index contributed by atoms with van der Waals surface area (Å²) in [4.78, 5) is 17.5. The second-order valence-corrected chi connectivity index (χ2v) is 9.46. The highest BCUT2D eigenvalue weighted by Crippen LogP contribution is 2.34. The van der Waals surface area contributed by atoms with Gasteiger partial charge >= 0.3 is 5.97 Å². The number of nitrogens with zero attached hydrogens (tertiary/aromatic N) is 3. The summed E-state index contributed by atoms with van der Waals surface area (Å²) in [6.45, 7) is 4.27. The van der Waals surface area contributed by atoms with Gasteiger partial charge in [0.1, 0.15) is 5.75 Å². The Morgan fingerprint density at radius 2 is 1.86 bits per heavy atom. The lowest BCUT2D eigenvalue weighted by Crippen LogP contribution is -2.12. The molecule has 3 aromatic carbocycles. The van der Waals surface area contributed by atoms with Crippen LogP contribution in [-0.4, -0.2) is 37.6 Å². The van der Waals surface area contributed by atoms with Gasteiger partial charge in [0.05, 0.1) is 38.6 Å². The number of methoxy groups -OCH3 is 2. The van der Waals surface area contributed by atoms with Crippen LogP contribution in [0.1, 0.15) is 18.4 Å². The zero-order valence-corrected chi connectivity index (χ0v) is 21.5. The molecule has 1 heterocycles. The Labute approximate surface area is 219 Å². The maximum atomic E-state index is 12.1. The molecule has 4 aromatic rings. The van der Waals surface area contributed by atoms with E-state index in [2.05, 4.69) is 29.8 Å². The Balaban J connectivity index is 1.49. The van der Waals surface area contributed by atoms with Gasteiger partial charge < -0.3 is 14.2 Å². The number of aromatic nitrogens is 1. The van der Waals surface area contributed by atoms with E-state index in [1.807, 2.05) is 34.3 Å². The molecule has 188 valence electrons. The Morgan fingerprint density at radius 3 is 2.62 bits per heavy atom. The predicted molar refractivity (Wildman–Crippen MR) is 147 cm³/mol. The SMILES string of the molecule is C=CCN=c1scc(-c2ccc3cc(OC)ccc3c2)n1N=Cc1ccc(OC(=O)C2CC2)c(OC)c1. The molecule has 0 saturated heterocycles. The molecule has 0 atom stereocenters. The fraction of sp³-hybridized carbons (Fsp3) is 0.207. The van der Waals surface area contributed by atoms with Crippen LogP contribution in [0.5, 0.6) is 17.2 Å². The summed E-state index contributed by atoms with van der Waals surface area (Å²) in [5, 5.41) is 9.01. The minimum absolute atomic E-state index is 0.00855. The molecule has 0 spiro atoms. The Bertz CT molecular complexity index is 1560. The highest BCUT2D eigenvalue weighted by molar-refractivity contribution is 7.07. The van der Waals surface area contributed by atoms with Crippen LogP contribution in [0.4, 0.5) is 0 Å². The van der Waals surface area contributed by atoms with Crippen LogP contribution in [0.2, 0.25) is 0 Å². The Hall–Kier alpha value is -4.17. The molecule has 1 aromatic heterocycles. The van der Waals surface area contributed by atoms with Crippen molar-refractivity contribution in [2.24, 2.45) is 16.0 Å². The molecule has 0 radical (unpaired) electrons.